The number of rotatable bonds is 3. The average Bonchev–Trinajstić information content (AvgIpc) is 2.45. The van der Waals surface area contributed by atoms with Gasteiger partial charge < -0.3 is 15.0 Å². The van der Waals surface area contributed by atoms with E-state index in [1.54, 1.807) is 4.90 Å². The second-order valence-electron chi connectivity index (χ2n) is 4.67. The number of piperidine rings is 1. The molecule has 18 heavy (non-hydrogen) atoms. The van der Waals surface area contributed by atoms with Crippen LogP contribution in [0.3, 0.4) is 0 Å². The number of amides is 1. The monoisotopic (exact) mass is 248 g/mol. The number of para-hydroxylation sites is 1. The normalized spacial score (nSPS) is 19.4. The first-order chi connectivity index (χ1) is 8.79. The van der Waals surface area contributed by atoms with E-state index in [1.807, 2.05) is 18.2 Å². The Balaban J connectivity index is 1.81. The van der Waals surface area contributed by atoms with E-state index in [1.165, 1.54) is 7.11 Å². The highest BCUT2D eigenvalue weighted by Crippen LogP contribution is 2.18. The van der Waals surface area contributed by atoms with Crippen molar-refractivity contribution >= 4 is 11.8 Å². The molecule has 0 radical (unpaired) electrons. The molecular formula is C14H20N2O2. The predicted molar refractivity (Wildman–Crippen MR) is 71.6 cm³/mol. The summed E-state index contributed by atoms with van der Waals surface area (Å²) in [4.78, 5) is 13.3. The number of nitrogens with zero attached hydrogens (tertiary/aromatic N) is 1. The highest BCUT2D eigenvalue weighted by molar-refractivity contribution is 5.67. The molecule has 1 aliphatic rings. The van der Waals surface area contributed by atoms with E-state index >= 15 is 0 Å². The first-order valence-electron chi connectivity index (χ1n) is 6.41. The molecule has 1 N–H and O–H groups in total. The fraction of sp³-hybridized carbons (Fsp3) is 0.500. The molecule has 0 aromatic heterocycles. The minimum atomic E-state index is -0.209. The highest BCUT2D eigenvalue weighted by atomic mass is 16.5. The first kappa shape index (κ1) is 12.7. The van der Waals surface area contributed by atoms with Crippen molar-refractivity contribution in [2.75, 3.05) is 32.1 Å². The van der Waals surface area contributed by atoms with Gasteiger partial charge >= 0.3 is 6.09 Å². The summed E-state index contributed by atoms with van der Waals surface area (Å²) >= 11 is 0. The van der Waals surface area contributed by atoms with E-state index in [4.69, 9.17) is 4.74 Å². The number of likely N-dealkylation sites (tertiary alicyclic amines) is 1. The molecule has 1 saturated heterocycles. The number of carbonyl (C=O) groups excluding carboxylic acids is 1. The van der Waals surface area contributed by atoms with E-state index in [2.05, 4.69) is 17.4 Å². The van der Waals surface area contributed by atoms with Crippen LogP contribution in [0.1, 0.15) is 12.8 Å². The molecule has 1 atom stereocenters. The minimum Gasteiger partial charge on any atom is -0.453 e. The summed E-state index contributed by atoms with van der Waals surface area (Å²) in [6.07, 6.45) is 2.00. The third-order valence-electron chi connectivity index (χ3n) is 3.32. The number of carbonyl (C=O) groups is 1. The molecule has 1 aromatic carbocycles. The van der Waals surface area contributed by atoms with Gasteiger partial charge in [-0.3, -0.25) is 0 Å². The Hall–Kier alpha value is -1.71. The lowest BCUT2D eigenvalue weighted by Crippen LogP contribution is -2.41. The lowest BCUT2D eigenvalue weighted by molar-refractivity contribution is 0.104. The van der Waals surface area contributed by atoms with Gasteiger partial charge in [-0.15, -0.1) is 0 Å². The van der Waals surface area contributed by atoms with E-state index in [-0.39, 0.29) is 6.09 Å². The van der Waals surface area contributed by atoms with Gasteiger partial charge in [-0.2, -0.15) is 0 Å². The molecular weight excluding hydrogens is 228 g/mol. The van der Waals surface area contributed by atoms with Gasteiger partial charge in [0.05, 0.1) is 7.11 Å². The second kappa shape index (κ2) is 6.28. The molecule has 1 heterocycles. The van der Waals surface area contributed by atoms with Gasteiger partial charge in [0, 0.05) is 25.3 Å². The van der Waals surface area contributed by atoms with Crippen LogP contribution >= 0.6 is 0 Å². The summed E-state index contributed by atoms with van der Waals surface area (Å²) in [6, 6.07) is 10.2. The number of methoxy groups -OCH3 is 1. The predicted octanol–water partition coefficient (Wildman–Crippen LogP) is 2.58. The van der Waals surface area contributed by atoms with Crippen LogP contribution in [0.4, 0.5) is 10.5 Å². The largest absolute Gasteiger partial charge is 0.453 e. The van der Waals surface area contributed by atoms with E-state index < -0.39 is 0 Å². The van der Waals surface area contributed by atoms with E-state index in [9.17, 15) is 4.79 Å². The van der Waals surface area contributed by atoms with Crippen molar-refractivity contribution in [3.05, 3.63) is 30.3 Å². The van der Waals surface area contributed by atoms with E-state index in [0.29, 0.717) is 5.92 Å². The maximum atomic E-state index is 11.5. The molecule has 2 rings (SSSR count). The van der Waals surface area contributed by atoms with Crippen LogP contribution in [-0.2, 0) is 4.74 Å². The molecule has 0 spiro atoms. The van der Waals surface area contributed by atoms with Crippen molar-refractivity contribution in [1.29, 1.82) is 0 Å². The van der Waals surface area contributed by atoms with Crippen LogP contribution in [0.15, 0.2) is 30.3 Å². The fourth-order valence-electron chi connectivity index (χ4n) is 2.34. The molecule has 1 aliphatic heterocycles. The molecule has 1 aromatic rings. The second-order valence-corrected chi connectivity index (χ2v) is 4.67. The van der Waals surface area contributed by atoms with E-state index in [0.717, 1.165) is 38.2 Å². The summed E-state index contributed by atoms with van der Waals surface area (Å²) in [6.45, 7) is 2.50. The average molecular weight is 248 g/mol. The van der Waals surface area contributed by atoms with Gasteiger partial charge in [-0.25, -0.2) is 4.79 Å². The zero-order valence-electron chi connectivity index (χ0n) is 10.8. The van der Waals surface area contributed by atoms with Gasteiger partial charge in [-0.1, -0.05) is 18.2 Å². The van der Waals surface area contributed by atoms with Crippen LogP contribution in [-0.4, -0.2) is 37.7 Å². The van der Waals surface area contributed by atoms with Gasteiger partial charge in [0.15, 0.2) is 0 Å². The summed E-state index contributed by atoms with van der Waals surface area (Å²) in [5.41, 5.74) is 1.13. The van der Waals surface area contributed by atoms with Crippen molar-refractivity contribution < 1.29 is 9.53 Å². The van der Waals surface area contributed by atoms with Crippen LogP contribution < -0.4 is 5.32 Å². The van der Waals surface area contributed by atoms with Crippen molar-refractivity contribution in [3.63, 3.8) is 0 Å². The van der Waals surface area contributed by atoms with Gasteiger partial charge in [-0.05, 0) is 30.9 Å². The Bertz CT molecular complexity index is 381. The van der Waals surface area contributed by atoms with Crippen molar-refractivity contribution in [1.82, 2.24) is 4.90 Å². The standard InChI is InChI=1S/C14H20N2O2/c1-18-14(17)16-9-5-6-12(11-16)10-15-13-7-3-2-4-8-13/h2-4,7-8,12,15H,5-6,9-11H2,1H3. The van der Waals surface area contributed by atoms with Crippen LogP contribution in [0.5, 0.6) is 0 Å². The molecule has 98 valence electrons. The van der Waals surface area contributed by atoms with Crippen molar-refractivity contribution in [2.45, 2.75) is 12.8 Å². The Morgan fingerprint density at radius 3 is 2.94 bits per heavy atom. The summed E-state index contributed by atoms with van der Waals surface area (Å²) < 4.78 is 4.77. The zero-order chi connectivity index (χ0) is 12.8. The molecule has 1 amide bonds. The lowest BCUT2D eigenvalue weighted by Gasteiger charge is -2.31. The van der Waals surface area contributed by atoms with Crippen LogP contribution in [0.2, 0.25) is 0 Å². The lowest BCUT2D eigenvalue weighted by atomic mass is 9.98. The smallest absolute Gasteiger partial charge is 0.409 e. The summed E-state index contributed by atoms with van der Waals surface area (Å²) in [7, 11) is 1.44. The third kappa shape index (κ3) is 3.39. The zero-order valence-corrected chi connectivity index (χ0v) is 10.8. The highest BCUT2D eigenvalue weighted by Gasteiger charge is 2.23. The molecule has 1 fully saturated rings. The maximum Gasteiger partial charge on any atom is 0.409 e. The Kier molecular flexibility index (Phi) is 4.45. The number of anilines is 1. The van der Waals surface area contributed by atoms with Crippen LogP contribution in [0.25, 0.3) is 0 Å². The first-order valence-corrected chi connectivity index (χ1v) is 6.41. The number of hydrogen-bond acceptors (Lipinski definition) is 3. The minimum absolute atomic E-state index is 0.209. The molecule has 0 aliphatic carbocycles. The Morgan fingerprint density at radius 2 is 2.22 bits per heavy atom. The summed E-state index contributed by atoms with van der Waals surface area (Å²) in [5.74, 6) is 0.498. The number of hydrogen-bond donors (Lipinski definition) is 1. The quantitative estimate of drug-likeness (QED) is 0.894. The topological polar surface area (TPSA) is 41.6 Å². The fourth-order valence-corrected chi connectivity index (χ4v) is 2.34. The van der Waals surface area contributed by atoms with Crippen molar-refractivity contribution in [3.8, 4) is 0 Å². The number of nitrogens with one attached hydrogen (secondary N) is 1. The number of benzene rings is 1. The third-order valence-corrected chi connectivity index (χ3v) is 3.32. The maximum absolute atomic E-state index is 11.5. The van der Waals surface area contributed by atoms with Crippen LogP contribution in [0, 0.1) is 5.92 Å². The SMILES string of the molecule is COC(=O)N1CCCC(CNc2ccccc2)C1. The molecule has 0 bridgehead atoms. The molecule has 1 unspecified atom stereocenters. The van der Waals surface area contributed by atoms with Gasteiger partial charge in [0.25, 0.3) is 0 Å². The Labute approximate surface area is 108 Å². The van der Waals surface area contributed by atoms with Crippen molar-refractivity contribution in [2.24, 2.45) is 5.92 Å². The Morgan fingerprint density at radius 1 is 1.44 bits per heavy atom. The van der Waals surface area contributed by atoms with Gasteiger partial charge in [0.1, 0.15) is 0 Å². The summed E-state index contributed by atoms with van der Waals surface area (Å²) in [5, 5.41) is 3.41. The number of ether oxygens (including phenoxy) is 1. The molecule has 0 saturated carbocycles. The molecule has 4 nitrogen and oxygen atoms in total. The molecule has 4 heteroatoms. The van der Waals surface area contributed by atoms with Gasteiger partial charge in [0.2, 0.25) is 0 Å².